The molecule has 0 spiro atoms. The molecule has 2 aromatic rings. The number of methoxy groups -OCH3 is 1. The van der Waals surface area contributed by atoms with Crippen molar-refractivity contribution in [2.45, 2.75) is 19.9 Å². The van der Waals surface area contributed by atoms with Gasteiger partial charge in [0, 0.05) is 5.56 Å². The normalized spacial score (nSPS) is 11.6. The van der Waals surface area contributed by atoms with E-state index in [4.69, 9.17) is 10.00 Å². The molecule has 0 aromatic heterocycles. The lowest BCUT2D eigenvalue weighted by molar-refractivity contribution is 0.407. The van der Waals surface area contributed by atoms with Crippen molar-refractivity contribution in [1.82, 2.24) is 0 Å². The molecule has 0 aliphatic heterocycles. The summed E-state index contributed by atoms with van der Waals surface area (Å²) in [6.07, 6.45) is 0. The van der Waals surface area contributed by atoms with Crippen molar-refractivity contribution in [2.75, 3.05) is 12.4 Å². The van der Waals surface area contributed by atoms with Gasteiger partial charge in [0.2, 0.25) is 0 Å². The molecule has 0 amide bonds. The van der Waals surface area contributed by atoms with E-state index in [0.29, 0.717) is 5.69 Å². The SMILES string of the molecule is COc1cc(C)ccc1C(C)Nc1ccc(F)cc1C#N. The van der Waals surface area contributed by atoms with Crippen molar-refractivity contribution in [1.29, 1.82) is 5.26 Å². The molecule has 2 rings (SSSR count). The third kappa shape index (κ3) is 3.32. The first-order chi connectivity index (χ1) is 10.0. The van der Waals surface area contributed by atoms with Crippen LogP contribution in [0.2, 0.25) is 0 Å². The molecule has 0 saturated heterocycles. The molecule has 0 heterocycles. The summed E-state index contributed by atoms with van der Waals surface area (Å²) < 4.78 is 18.6. The topological polar surface area (TPSA) is 45.0 Å². The number of nitriles is 1. The summed E-state index contributed by atoms with van der Waals surface area (Å²) in [5.41, 5.74) is 2.99. The lowest BCUT2D eigenvalue weighted by Gasteiger charge is -2.19. The summed E-state index contributed by atoms with van der Waals surface area (Å²) in [5.74, 6) is 0.369. The van der Waals surface area contributed by atoms with Crippen LogP contribution in [0.4, 0.5) is 10.1 Å². The van der Waals surface area contributed by atoms with Gasteiger partial charge in [-0.1, -0.05) is 12.1 Å². The second-order valence-corrected chi connectivity index (χ2v) is 4.91. The third-order valence-electron chi connectivity index (χ3n) is 3.33. The van der Waals surface area contributed by atoms with Crippen LogP contribution < -0.4 is 10.1 Å². The Morgan fingerprint density at radius 1 is 1.24 bits per heavy atom. The van der Waals surface area contributed by atoms with E-state index >= 15 is 0 Å². The minimum Gasteiger partial charge on any atom is -0.496 e. The third-order valence-corrected chi connectivity index (χ3v) is 3.33. The van der Waals surface area contributed by atoms with E-state index in [1.165, 1.54) is 12.1 Å². The molecule has 4 heteroatoms. The monoisotopic (exact) mass is 284 g/mol. The molecule has 0 aliphatic carbocycles. The van der Waals surface area contributed by atoms with Gasteiger partial charge in [-0.25, -0.2) is 4.39 Å². The fourth-order valence-electron chi connectivity index (χ4n) is 2.22. The van der Waals surface area contributed by atoms with Gasteiger partial charge in [0.15, 0.2) is 0 Å². The van der Waals surface area contributed by atoms with Gasteiger partial charge in [-0.3, -0.25) is 0 Å². The number of anilines is 1. The van der Waals surface area contributed by atoms with E-state index in [1.54, 1.807) is 13.2 Å². The first-order valence-corrected chi connectivity index (χ1v) is 6.66. The predicted molar refractivity (Wildman–Crippen MR) is 80.9 cm³/mol. The van der Waals surface area contributed by atoms with Crippen LogP contribution in [-0.2, 0) is 0 Å². The van der Waals surface area contributed by atoms with Crippen molar-refractivity contribution in [3.63, 3.8) is 0 Å². The van der Waals surface area contributed by atoms with Gasteiger partial charge < -0.3 is 10.1 Å². The predicted octanol–water partition coefficient (Wildman–Crippen LogP) is 4.19. The minimum atomic E-state index is -0.419. The van der Waals surface area contributed by atoms with Crippen LogP contribution >= 0.6 is 0 Å². The van der Waals surface area contributed by atoms with Crippen LogP contribution in [0.15, 0.2) is 36.4 Å². The van der Waals surface area contributed by atoms with Crippen LogP contribution in [0, 0.1) is 24.1 Å². The number of benzene rings is 2. The highest BCUT2D eigenvalue weighted by Crippen LogP contribution is 2.29. The van der Waals surface area contributed by atoms with Crippen molar-refractivity contribution in [3.8, 4) is 11.8 Å². The summed E-state index contributed by atoms with van der Waals surface area (Å²) in [6, 6.07) is 12.0. The molecule has 2 aromatic carbocycles. The summed E-state index contributed by atoms with van der Waals surface area (Å²) in [5, 5.41) is 12.3. The minimum absolute atomic E-state index is 0.0712. The fourth-order valence-corrected chi connectivity index (χ4v) is 2.22. The standard InChI is InChI=1S/C17H17FN2O/c1-11-4-6-15(17(8-11)21-3)12(2)20-16-7-5-14(18)9-13(16)10-19/h4-9,12,20H,1-3H3. The molecule has 108 valence electrons. The van der Waals surface area contributed by atoms with Gasteiger partial charge in [0.1, 0.15) is 17.6 Å². The van der Waals surface area contributed by atoms with Crippen molar-refractivity contribution in [3.05, 3.63) is 58.9 Å². The summed E-state index contributed by atoms with van der Waals surface area (Å²) in [4.78, 5) is 0. The first kappa shape index (κ1) is 14.9. The number of halogens is 1. The lowest BCUT2D eigenvalue weighted by Crippen LogP contribution is -2.09. The summed E-state index contributed by atoms with van der Waals surface area (Å²) in [7, 11) is 1.63. The molecule has 21 heavy (non-hydrogen) atoms. The molecule has 1 atom stereocenters. The number of hydrogen-bond donors (Lipinski definition) is 1. The quantitative estimate of drug-likeness (QED) is 0.915. The maximum Gasteiger partial charge on any atom is 0.124 e. The Morgan fingerprint density at radius 3 is 2.67 bits per heavy atom. The molecule has 1 N–H and O–H groups in total. The Labute approximate surface area is 124 Å². The van der Waals surface area contributed by atoms with Crippen LogP contribution in [0.3, 0.4) is 0 Å². The molecule has 0 bridgehead atoms. The van der Waals surface area contributed by atoms with Gasteiger partial charge in [-0.05, 0) is 43.7 Å². The number of aryl methyl sites for hydroxylation is 1. The van der Waals surface area contributed by atoms with Gasteiger partial charge in [0.25, 0.3) is 0 Å². The number of ether oxygens (including phenoxy) is 1. The van der Waals surface area contributed by atoms with E-state index in [0.717, 1.165) is 16.9 Å². The zero-order chi connectivity index (χ0) is 15.4. The highest BCUT2D eigenvalue weighted by molar-refractivity contribution is 5.59. The van der Waals surface area contributed by atoms with Crippen LogP contribution in [-0.4, -0.2) is 7.11 Å². The van der Waals surface area contributed by atoms with Crippen LogP contribution in [0.25, 0.3) is 0 Å². The van der Waals surface area contributed by atoms with E-state index in [2.05, 4.69) is 5.32 Å². The molecular weight excluding hydrogens is 267 g/mol. The zero-order valence-electron chi connectivity index (χ0n) is 12.3. The number of hydrogen-bond acceptors (Lipinski definition) is 3. The summed E-state index contributed by atoms with van der Waals surface area (Å²) in [6.45, 7) is 3.97. The van der Waals surface area contributed by atoms with Crippen molar-refractivity contribution >= 4 is 5.69 Å². The van der Waals surface area contributed by atoms with E-state index in [1.807, 2.05) is 38.1 Å². The second kappa shape index (κ2) is 6.27. The molecule has 1 unspecified atom stereocenters. The van der Waals surface area contributed by atoms with Gasteiger partial charge >= 0.3 is 0 Å². The summed E-state index contributed by atoms with van der Waals surface area (Å²) >= 11 is 0. The number of nitrogens with one attached hydrogen (secondary N) is 1. The Hall–Kier alpha value is -2.54. The molecule has 0 saturated carbocycles. The smallest absolute Gasteiger partial charge is 0.124 e. The fraction of sp³-hybridized carbons (Fsp3) is 0.235. The molecule has 0 fully saturated rings. The number of rotatable bonds is 4. The Kier molecular flexibility index (Phi) is 4.44. The molecular formula is C17H17FN2O. The second-order valence-electron chi connectivity index (χ2n) is 4.91. The lowest BCUT2D eigenvalue weighted by atomic mass is 10.0. The highest BCUT2D eigenvalue weighted by Gasteiger charge is 2.13. The van der Waals surface area contributed by atoms with Gasteiger partial charge in [-0.2, -0.15) is 5.26 Å². The molecule has 0 aliphatic rings. The Morgan fingerprint density at radius 2 is 2.00 bits per heavy atom. The average Bonchev–Trinajstić information content (AvgIpc) is 2.48. The van der Waals surface area contributed by atoms with Crippen LogP contribution in [0.1, 0.15) is 29.7 Å². The van der Waals surface area contributed by atoms with Gasteiger partial charge in [-0.15, -0.1) is 0 Å². The molecule has 0 radical (unpaired) electrons. The maximum atomic E-state index is 13.2. The van der Waals surface area contributed by atoms with E-state index in [-0.39, 0.29) is 11.6 Å². The average molecular weight is 284 g/mol. The molecule has 3 nitrogen and oxygen atoms in total. The van der Waals surface area contributed by atoms with E-state index in [9.17, 15) is 4.39 Å². The Bertz CT molecular complexity index is 692. The maximum absolute atomic E-state index is 13.2. The first-order valence-electron chi connectivity index (χ1n) is 6.66. The largest absolute Gasteiger partial charge is 0.496 e. The number of nitrogens with zero attached hydrogens (tertiary/aromatic N) is 1. The van der Waals surface area contributed by atoms with Crippen LogP contribution in [0.5, 0.6) is 5.75 Å². The Balaban J connectivity index is 2.30. The zero-order valence-corrected chi connectivity index (χ0v) is 12.3. The van der Waals surface area contributed by atoms with E-state index < -0.39 is 5.82 Å². The van der Waals surface area contributed by atoms with Crippen molar-refractivity contribution in [2.24, 2.45) is 0 Å². The van der Waals surface area contributed by atoms with Gasteiger partial charge in [0.05, 0.1) is 24.4 Å². The highest BCUT2D eigenvalue weighted by atomic mass is 19.1. The van der Waals surface area contributed by atoms with Crippen molar-refractivity contribution < 1.29 is 9.13 Å².